The third kappa shape index (κ3) is 4.57. The molecule has 0 saturated heterocycles. The number of ether oxygens (including phenoxy) is 1. The molecule has 5 N–H and O–H groups in total. The van der Waals surface area contributed by atoms with Crippen LogP contribution in [-0.4, -0.2) is 37.7 Å². The molecule has 0 aliphatic carbocycles. The molecule has 0 aliphatic heterocycles. The zero-order valence-corrected chi connectivity index (χ0v) is 17.6. The first-order valence-electron chi connectivity index (χ1n) is 9.81. The Morgan fingerprint density at radius 1 is 1.24 bits per heavy atom. The molecule has 4 aromatic rings. The Morgan fingerprint density at radius 3 is 2.61 bits per heavy atom. The van der Waals surface area contributed by atoms with E-state index in [0.717, 1.165) is 4.68 Å². The summed E-state index contributed by atoms with van der Waals surface area (Å²) in [5, 5.41) is 15.3. The van der Waals surface area contributed by atoms with E-state index in [1.165, 1.54) is 12.4 Å². The maximum Gasteiger partial charge on any atom is 0.350 e. The van der Waals surface area contributed by atoms with Gasteiger partial charge in [-0.15, -0.1) is 16.2 Å². The van der Waals surface area contributed by atoms with Gasteiger partial charge in [-0.05, 0) is 54.1 Å². The van der Waals surface area contributed by atoms with Crippen LogP contribution in [0.4, 0.5) is 5.69 Å². The Hall–Kier alpha value is -4.91. The zero-order chi connectivity index (χ0) is 23.4. The number of nitrogens with two attached hydrogens (primary N) is 1. The van der Waals surface area contributed by atoms with Gasteiger partial charge in [0.05, 0.1) is 7.11 Å². The average Bonchev–Trinajstić information content (AvgIpc) is 3.24. The average molecular weight is 440 g/mol. The quantitative estimate of drug-likeness (QED) is 0.195. The Balaban J connectivity index is 1.81. The van der Waals surface area contributed by atoms with Crippen LogP contribution >= 0.6 is 0 Å². The number of nitrogen functional groups attached to an aromatic ring is 1. The van der Waals surface area contributed by atoms with Crippen LogP contribution in [-0.2, 0) is 0 Å². The van der Waals surface area contributed by atoms with Gasteiger partial charge in [-0.1, -0.05) is 5.92 Å². The molecular weight excluding hydrogens is 420 g/mol. The summed E-state index contributed by atoms with van der Waals surface area (Å²) < 4.78 is 6.48. The molecular formula is C23H20N8O2. The maximum absolute atomic E-state index is 12.6. The molecule has 4 rings (SSSR count). The molecule has 2 heterocycles. The van der Waals surface area contributed by atoms with Crippen molar-refractivity contribution >= 4 is 11.5 Å². The van der Waals surface area contributed by atoms with Crippen molar-refractivity contribution in [1.82, 2.24) is 24.7 Å². The van der Waals surface area contributed by atoms with Gasteiger partial charge in [-0.25, -0.2) is 14.8 Å². The fourth-order valence-corrected chi connectivity index (χ4v) is 3.22. The lowest BCUT2D eigenvalue weighted by Crippen LogP contribution is -2.18. The van der Waals surface area contributed by atoms with Gasteiger partial charge in [0.15, 0.2) is 5.82 Å². The van der Waals surface area contributed by atoms with E-state index in [2.05, 4.69) is 31.3 Å². The summed E-state index contributed by atoms with van der Waals surface area (Å²) in [6.45, 7) is 0. The molecule has 0 radical (unpaired) electrons. The maximum atomic E-state index is 12.6. The SMILES string of the molecule is C#Cc1cc(OC)cc(C(Nc2ccc(C(=N)N)cc2)c2nn(-c3ncccn3)c(=O)[nH]2)c1. The molecule has 0 fully saturated rings. The lowest BCUT2D eigenvalue weighted by molar-refractivity contribution is 0.414. The molecule has 1 unspecified atom stereocenters. The van der Waals surface area contributed by atoms with E-state index in [9.17, 15) is 4.79 Å². The predicted molar refractivity (Wildman–Crippen MR) is 124 cm³/mol. The molecule has 0 spiro atoms. The smallest absolute Gasteiger partial charge is 0.350 e. The highest BCUT2D eigenvalue weighted by Gasteiger charge is 2.22. The van der Waals surface area contributed by atoms with E-state index in [1.54, 1.807) is 55.6 Å². The van der Waals surface area contributed by atoms with Gasteiger partial charge < -0.3 is 15.8 Å². The number of hydrogen-bond donors (Lipinski definition) is 4. The minimum Gasteiger partial charge on any atom is -0.497 e. The minimum absolute atomic E-state index is 0.0320. The van der Waals surface area contributed by atoms with Crippen LogP contribution in [0.5, 0.6) is 5.75 Å². The topological polar surface area (TPSA) is 148 Å². The number of rotatable bonds is 7. The number of methoxy groups -OCH3 is 1. The number of H-pyrrole nitrogens is 1. The second-order valence-electron chi connectivity index (χ2n) is 6.98. The molecule has 0 aliphatic rings. The van der Waals surface area contributed by atoms with E-state index >= 15 is 0 Å². The number of benzene rings is 2. The first-order chi connectivity index (χ1) is 16.0. The summed E-state index contributed by atoms with van der Waals surface area (Å²) >= 11 is 0. The molecule has 1 atom stereocenters. The Kier molecular flexibility index (Phi) is 5.86. The van der Waals surface area contributed by atoms with Gasteiger partial charge in [0.1, 0.15) is 17.6 Å². The summed E-state index contributed by atoms with van der Waals surface area (Å²) in [4.78, 5) is 23.6. The van der Waals surface area contributed by atoms with Crippen LogP contribution < -0.4 is 21.5 Å². The third-order valence-electron chi connectivity index (χ3n) is 4.82. The van der Waals surface area contributed by atoms with E-state index < -0.39 is 11.7 Å². The fourth-order valence-electron chi connectivity index (χ4n) is 3.22. The molecule has 2 aromatic carbocycles. The Morgan fingerprint density at radius 2 is 1.97 bits per heavy atom. The van der Waals surface area contributed by atoms with Gasteiger partial charge in [0.2, 0.25) is 0 Å². The first kappa shape index (κ1) is 21.3. The number of amidine groups is 1. The standard InChI is InChI=1S/C23H20N8O2/c1-3-14-11-16(13-18(12-14)33-2)19(28-17-7-5-15(6-8-17)20(24)25)21-29-23(32)31(30-21)22-26-9-4-10-27-22/h1,4-13,19,28H,2H3,(H3,24,25)(H,29,30,32). The second-order valence-corrected chi connectivity index (χ2v) is 6.98. The van der Waals surface area contributed by atoms with Gasteiger partial charge >= 0.3 is 5.69 Å². The van der Waals surface area contributed by atoms with E-state index in [4.69, 9.17) is 22.3 Å². The van der Waals surface area contributed by atoms with Crippen molar-refractivity contribution in [1.29, 1.82) is 5.41 Å². The van der Waals surface area contributed by atoms with Gasteiger partial charge in [-0.2, -0.15) is 0 Å². The number of anilines is 1. The van der Waals surface area contributed by atoms with Crippen LogP contribution in [0.2, 0.25) is 0 Å². The van der Waals surface area contributed by atoms with Crippen LogP contribution in [0, 0.1) is 17.8 Å². The molecule has 2 aromatic heterocycles. The number of aromatic nitrogens is 5. The Labute approximate surface area is 189 Å². The number of aromatic amines is 1. The largest absolute Gasteiger partial charge is 0.497 e. The summed E-state index contributed by atoms with van der Waals surface area (Å²) in [6, 6.07) is 13.4. The van der Waals surface area contributed by atoms with Crippen LogP contribution in [0.15, 0.2) is 65.7 Å². The van der Waals surface area contributed by atoms with Crippen LogP contribution in [0.1, 0.15) is 28.6 Å². The molecule has 0 saturated carbocycles. The minimum atomic E-state index is -0.604. The molecule has 10 nitrogen and oxygen atoms in total. The van der Waals surface area contributed by atoms with Gasteiger partial charge in [0.25, 0.3) is 5.95 Å². The lowest BCUT2D eigenvalue weighted by Gasteiger charge is -2.19. The van der Waals surface area contributed by atoms with E-state index in [0.29, 0.717) is 34.0 Å². The molecule has 0 amide bonds. The van der Waals surface area contributed by atoms with Crippen molar-refractivity contribution in [3.05, 3.63) is 93.9 Å². The molecule has 164 valence electrons. The zero-order valence-electron chi connectivity index (χ0n) is 17.6. The normalized spacial score (nSPS) is 11.4. The summed E-state index contributed by atoms with van der Waals surface area (Å²) in [7, 11) is 1.55. The second kappa shape index (κ2) is 9.07. The monoisotopic (exact) mass is 440 g/mol. The van der Waals surface area contributed by atoms with Crippen molar-refractivity contribution in [3.8, 4) is 24.0 Å². The highest BCUT2D eigenvalue weighted by Crippen LogP contribution is 2.28. The van der Waals surface area contributed by atoms with Gasteiger partial charge in [-0.3, -0.25) is 10.4 Å². The highest BCUT2D eigenvalue weighted by atomic mass is 16.5. The first-order valence-corrected chi connectivity index (χ1v) is 9.81. The van der Waals surface area contributed by atoms with E-state index in [1.807, 2.05) is 0 Å². The van der Waals surface area contributed by atoms with Crippen LogP contribution in [0.3, 0.4) is 0 Å². The van der Waals surface area contributed by atoms with Gasteiger partial charge in [0, 0.05) is 29.2 Å². The van der Waals surface area contributed by atoms with Crippen molar-refractivity contribution < 1.29 is 4.74 Å². The number of terminal acetylenes is 1. The summed E-state index contributed by atoms with van der Waals surface area (Å²) in [5.41, 5.74) is 7.68. The molecule has 10 heteroatoms. The highest BCUT2D eigenvalue weighted by molar-refractivity contribution is 5.95. The lowest BCUT2D eigenvalue weighted by atomic mass is 10.0. The Bertz CT molecular complexity index is 1380. The molecule has 33 heavy (non-hydrogen) atoms. The number of nitrogens with zero attached hydrogens (tertiary/aromatic N) is 4. The van der Waals surface area contributed by atoms with Crippen LogP contribution in [0.25, 0.3) is 5.95 Å². The van der Waals surface area contributed by atoms with Crippen molar-refractivity contribution in [3.63, 3.8) is 0 Å². The van der Waals surface area contributed by atoms with Crippen molar-refractivity contribution in [2.24, 2.45) is 5.73 Å². The third-order valence-corrected chi connectivity index (χ3v) is 4.82. The predicted octanol–water partition coefficient (Wildman–Crippen LogP) is 1.83. The molecule has 0 bridgehead atoms. The van der Waals surface area contributed by atoms with Crippen molar-refractivity contribution in [2.45, 2.75) is 6.04 Å². The summed E-state index contributed by atoms with van der Waals surface area (Å²) in [5.74, 6) is 3.60. The number of nitrogens with one attached hydrogen (secondary N) is 3. The number of hydrogen-bond acceptors (Lipinski definition) is 7. The fraction of sp³-hybridized carbons (Fsp3) is 0.0870. The summed E-state index contributed by atoms with van der Waals surface area (Å²) in [6.07, 6.45) is 8.68. The van der Waals surface area contributed by atoms with E-state index in [-0.39, 0.29) is 11.8 Å². The van der Waals surface area contributed by atoms with Crippen molar-refractivity contribution in [2.75, 3.05) is 12.4 Å².